The molecule has 1 aromatic heterocycles. The molecule has 0 radical (unpaired) electrons. The van der Waals surface area contributed by atoms with Crippen LogP contribution >= 0.6 is 0 Å². The van der Waals surface area contributed by atoms with Crippen molar-refractivity contribution < 1.29 is 14.9 Å². The molecule has 0 spiro atoms. The minimum atomic E-state index is -0.783. The molecule has 5 nitrogen and oxygen atoms in total. The van der Waals surface area contributed by atoms with Gasteiger partial charge in [0.05, 0.1) is 12.7 Å². The van der Waals surface area contributed by atoms with Crippen LogP contribution in [0.1, 0.15) is 25.1 Å². The second-order valence-corrected chi connectivity index (χ2v) is 5.29. The molecule has 0 amide bonds. The van der Waals surface area contributed by atoms with E-state index in [1.54, 1.807) is 25.3 Å². The van der Waals surface area contributed by atoms with Gasteiger partial charge in [-0.05, 0) is 13.0 Å². The Bertz CT molecular complexity index is 815. The standard InChI is InChI=1S/C17H17NO4/c1-2-5-11-9-18(16-8-14(20)15(10-19)22-16)17(21)13-7-4-3-6-12(11)13/h3-4,6-7,9,14-16,19-20H,8,10H2,1H3/t14-,15+,16+/m0/s1. The second-order valence-electron chi connectivity index (χ2n) is 5.29. The van der Waals surface area contributed by atoms with E-state index in [2.05, 4.69) is 11.8 Å². The number of aliphatic hydroxyl groups is 2. The van der Waals surface area contributed by atoms with Crippen LogP contribution in [0, 0.1) is 11.8 Å². The highest BCUT2D eigenvalue weighted by molar-refractivity contribution is 5.87. The highest BCUT2D eigenvalue weighted by Gasteiger charge is 2.35. The molecule has 3 atom stereocenters. The topological polar surface area (TPSA) is 71.7 Å². The number of aromatic nitrogens is 1. The van der Waals surface area contributed by atoms with E-state index in [0.29, 0.717) is 5.39 Å². The molecule has 0 unspecified atom stereocenters. The first kappa shape index (κ1) is 14.8. The van der Waals surface area contributed by atoms with E-state index in [-0.39, 0.29) is 18.6 Å². The number of fused-ring (bicyclic) bond motifs is 1. The van der Waals surface area contributed by atoms with Crippen LogP contribution in [0.2, 0.25) is 0 Å². The van der Waals surface area contributed by atoms with Crippen molar-refractivity contribution in [2.24, 2.45) is 0 Å². The van der Waals surface area contributed by atoms with Gasteiger partial charge in [0.2, 0.25) is 0 Å². The highest BCUT2D eigenvalue weighted by Crippen LogP contribution is 2.28. The molecule has 1 fully saturated rings. The zero-order valence-electron chi connectivity index (χ0n) is 12.2. The Kier molecular flexibility index (Phi) is 3.99. The van der Waals surface area contributed by atoms with E-state index >= 15 is 0 Å². The molecule has 2 heterocycles. The molecule has 3 rings (SSSR count). The zero-order chi connectivity index (χ0) is 15.7. The summed E-state index contributed by atoms with van der Waals surface area (Å²) in [6, 6.07) is 7.29. The number of pyridine rings is 1. The maximum absolute atomic E-state index is 12.7. The summed E-state index contributed by atoms with van der Waals surface area (Å²) in [5, 5.41) is 20.4. The third kappa shape index (κ3) is 2.42. The van der Waals surface area contributed by atoms with Gasteiger partial charge in [-0.2, -0.15) is 0 Å². The summed E-state index contributed by atoms with van der Waals surface area (Å²) in [6.07, 6.45) is -0.111. The minimum absolute atomic E-state index is 0.187. The third-order valence-electron chi connectivity index (χ3n) is 3.90. The number of nitrogens with zero attached hydrogens (tertiary/aromatic N) is 1. The molecule has 22 heavy (non-hydrogen) atoms. The first-order chi connectivity index (χ1) is 10.7. The summed E-state index contributed by atoms with van der Waals surface area (Å²) in [5.41, 5.74) is 0.552. The van der Waals surface area contributed by atoms with Crippen molar-refractivity contribution >= 4 is 10.8 Å². The number of hydrogen-bond acceptors (Lipinski definition) is 4. The lowest BCUT2D eigenvalue weighted by molar-refractivity contribution is -0.0453. The molecule has 1 aliphatic rings. The normalized spacial score (nSPS) is 24.2. The van der Waals surface area contributed by atoms with Crippen molar-refractivity contribution in [3.05, 3.63) is 46.4 Å². The van der Waals surface area contributed by atoms with Gasteiger partial charge in [-0.1, -0.05) is 24.1 Å². The van der Waals surface area contributed by atoms with Crippen LogP contribution < -0.4 is 5.56 Å². The Morgan fingerprint density at radius 2 is 2.09 bits per heavy atom. The van der Waals surface area contributed by atoms with Crippen LogP contribution in [0.25, 0.3) is 10.8 Å². The van der Waals surface area contributed by atoms with Crippen LogP contribution in [0.3, 0.4) is 0 Å². The van der Waals surface area contributed by atoms with E-state index in [9.17, 15) is 15.0 Å². The summed E-state index contributed by atoms with van der Waals surface area (Å²) in [7, 11) is 0. The third-order valence-corrected chi connectivity index (χ3v) is 3.90. The van der Waals surface area contributed by atoms with Crippen molar-refractivity contribution in [1.29, 1.82) is 0 Å². The zero-order valence-corrected chi connectivity index (χ0v) is 12.2. The van der Waals surface area contributed by atoms with E-state index in [0.717, 1.165) is 10.9 Å². The number of hydrogen-bond donors (Lipinski definition) is 2. The largest absolute Gasteiger partial charge is 0.394 e. The fourth-order valence-corrected chi connectivity index (χ4v) is 2.81. The Morgan fingerprint density at radius 3 is 2.73 bits per heavy atom. The maximum atomic E-state index is 12.7. The molecule has 2 N–H and O–H groups in total. The lowest BCUT2D eigenvalue weighted by Gasteiger charge is -2.16. The first-order valence-electron chi connectivity index (χ1n) is 7.16. The van der Waals surface area contributed by atoms with Crippen molar-refractivity contribution in [3.8, 4) is 11.8 Å². The maximum Gasteiger partial charge on any atom is 0.260 e. The number of benzene rings is 1. The summed E-state index contributed by atoms with van der Waals surface area (Å²) >= 11 is 0. The highest BCUT2D eigenvalue weighted by atomic mass is 16.5. The molecule has 114 valence electrons. The molecule has 1 aliphatic heterocycles. The van der Waals surface area contributed by atoms with Crippen molar-refractivity contribution in [3.63, 3.8) is 0 Å². The van der Waals surface area contributed by atoms with E-state index in [4.69, 9.17) is 4.74 Å². The SMILES string of the molecule is CC#Cc1cn([C@H]2C[C@H](O)[C@@H](CO)O2)c(=O)c2ccccc12. The number of rotatable bonds is 2. The lowest BCUT2D eigenvalue weighted by Crippen LogP contribution is -2.26. The van der Waals surface area contributed by atoms with Crippen LogP contribution in [0.15, 0.2) is 35.3 Å². The summed E-state index contributed by atoms with van der Waals surface area (Å²) < 4.78 is 7.05. The average Bonchev–Trinajstić information content (AvgIpc) is 2.91. The smallest absolute Gasteiger partial charge is 0.260 e. The fraction of sp³-hybridized carbons (Fsp3) is 0.353. The summed E-state index contributed by atoms with van der Waals surface area (Å²) in [5.74, 6) is 5.85. The molecule has 0 aliphatic carbocycles. The summed E-state index contributed by atoms with van der Waals surface area (Å²) in [6.45, 7) is 1.46. The Labute approximate surface area is 127 Å². The molecule has 2 aromatic rings. The first-order valence-corrected chi connectivity index (χ1v) is 7.16. The lowest BCUT2D eigenvalue weighted by atomic mass is 10.1. The van der Waals surface area contributed by atoms with Crippen LogP contribution in [-0.2, 0) is 4.74 Å². The van der Waals surface area contributed by atoms with Crippen molar-refractivity contribution in [2.45, 2.75) is 31.8 Å². The second kappa shape index (κ2) is 5.93. The quantitative estimate of drug-likeness (QED) is 0.812. The van der Waals surface area contributed by atoms with E-state index in [1.807, 2.05) is 12.1 Å². The van der Waals surface area contributed by atoms with Crippen molar-refractivity contribution in [1.82, 2.24) is 4.57 Å². The minimum Gasteiger partial charge on any atom is -0.394 e. The van der Waals surface area contributed by atoms with Gasteiger partial charge in [0.15, 0.2) is 0 Å². The summed E-state index contributed by atoms with van der Waals surface area (Å²) in [4.78, 5) is 12.7. The molecular formula is C17H17NO4. The van der Waals surface area contributed by atoms with E-state index < -0.39 is 18.4 Å². The van der Waals surface area contributed by atoms with E-state index in [1.165, 1.54) is 4.57 Å². The van der Waals surface area contributed by atoms with Crippen LogP contribution in [0.5, 0.6) is 0 Å². The van der Waals surface area contributed by atoms with Gasteiger partial charge in [0.25, 0.3) is 5.56 Å². The Balaban J connectivity index is 2.16. The van der Waals surface area contributed by atoms with Gasteiger partial charge < -0.3 is 14.9 Å². The average molecular weight is 299 g/mol. The Morgan fingerprint density at radius 1 is 1.36 bits per heavy atom. The predicted molar refractivity (Wildman–Crippen MR) is 82.4 cm³/mol. The molecule has 5 heteroatoms. The number of ether oxygens (including phenoxy) is 1. The fourth-order valence-electron chi connectivity index (χ4n) is 2.81. The number of aliphatic hydroxyl groups excluding tert-OH is 2. The molecule has 1 saturated heterocycles. The van der Waals surface area contributed by atoms with Gasteiger partial charge in [-0.25, -0.2) is 0 Å². The van der Waals surface area contributed by atoms with Gasteiger partial charge >= 0.3 is 0 Å². The molecular weight excluding hydrogens is 282 g/mol. The Hall–Kier alpha value is -2.13. The molecule has 0 saturated carbocycles. The molecule has 0 bridgehead atoms. The monoisotopic (exact) mass is 299 g/mol. The molecule has 1 aromatic carbocycles. The van der Waals surface area contributed by atoms with Crippen LogP contribution in [0.4, 0.5) is 0 Å². The van der Waals surface area contributed by atoms with Gasteiger partial charge in [-0.15, -0.1) is 5.92 Å². The van der Waals surface area contributed by atoms with Gasteiger partial charge in [0.1, 0.15) is 12.3 Å². The van der Waals surface area contributed by atoms with Crippen molar-refractivity contribution in [2.75, 3.05) is 6.61 Å². The van der Waals surface area contributed by atoms with Crippen LogP contribution in [-0.4, -0.2) is 33.6 Å². The van der Waals surface area contributed by atoms with Gasteiger partial charge in [-0.3, -0.25) is 9.36 Å². The predicted octanol–water partition coefficient (Wildman–Crippen LogP) is 1.01. The van der Waals surface area contributed by atoms with Gasteiger partial charge in [0, 0.05) is 29.0 Å².